The Morgan fingerprint density at radius 2 is 2.20 bits per heavy atom. The van der Waals surface area contributed by atoms with E-state index in [1.54, 1.807) is 0 Å². The molecule has 1 saturated heterocycles. The minimum Gasteiger partial charge on any atom is -0.317 e. The van der Waals surface area contributed by atoms with Gasteiger partial charge in [-0.05, 0) is 52.2 Å². The molecular formula is C13H28N2. The first kappa shape index (κ1) is 13.0. The summed E-state index contributed by atoms with van der Waals surface area (Å²) in [4.78, 5) is 2.66. The lowest BCUT2D eigenvalue weighted by atomic mass is 9.91. The van der Waals surface area contributed by atoms with Crippen molar-refractivity contribution in [3.63, 3.8) is 0 Å². The SMILES string of the molecule is CCCCCN1CCCC(C(C)NC)C1. The Hall–Kier alpha value is -0.0800. The fraction of sp³-hybridized carbons (Fsp3) is 1.00. The molecule has 1 N–H and O–H groups in total. The number of piperidine rings is 1. The van der Waals surface area contributed by atoms with Crippen molar-refractivity contribution >= 4 is 0 Å². The first-order valence-electron chi connectivity index (χ1n) is 6.67. The summed E-state index contributed by atoms with van der Waals surface area (Å²) >= 11 is 0. The molecule has 1 aliphatic heterocycles. The molecule has 15 heavy (non-hydrogen) atoms. The van der Waals surface area contributed by atoms with Gasteiger partial charge in [0.05, 0.1) is 0 Å². The molecule has 2 nitrogen and oxygen atoms in total. The number of unbranched alkanes of at least 4 members (excludes halogenated alkanes) is 2. The van der Waals surface area contributed by atoms with E-state index in [1.165, 1.54) is 51.7 Å². The van der Waals surface area contributed by atoms with Crippen LogP contribution in [0.3, 0.4) is 0 Å². The van der Waals surface area contributed by atoms with E-state index < -0.39 is 0 Å². The number of likely N-dealkylation sites (tertiary alicyclic amines) is 1. The Morgan fingerprint density at radius 1 is 1.40 bits per heavy atom. The zero-order chi connectivity index (χ0) is 11.1. The predicted octanol–water partition coefficient (Wildman–Crippen LogP) is 2.50. The quantitative estimate of drug-likeness (QED) is 0.681. The molecule has 1 aliphatic rings. The van der Waals surface area contributed by atoms with Gasteiger partial charge >= 0.3 is 0 Å². The maximum Gasteiger partial charge on any atom is 0.00762 e. The third-order valence-electron chi connectivity index (χ3n) is 3.78. The van der Waals surface area contributed by atoms with Crippen LogP contribution in [-0.2, 0) is 0 Å². The summed E-state index contributed by atoms with van der Waals surface area (Å²) in [7, 11) is 2.08. The van der Waals surface area contributed by atoms with Crippen molar-refractivity contribution in [1.29, 1.82) is 0 Å². The standard InChI is InChI=1S/C13H28N2/c1-4-5-6-9-15-10-7-8-13(11-15)12(2)14-3/h12-14H,4-11H2,1-3H3. The lowest BCUT2D eigenvalue weighted by Crippen LogP contribution is -2.43. The van der Waals surface area contributed by atoms with E-state index >= 15 is 0 Å². The van der Waals surface area contributed by atoms with Gasteiger partial charge in [0.25, 0.3) is 0 Å². The lowest BCUT2D eigenvalue weighted by molar-refractivity contribution is 0.151. The van der Waals surface area contributed by atoms with Gasteiger partial charge in [-0.3, -0.25) is 0 Å². The first-order chi connectivity index (χ1) is 7.27. The molecule has 0 aliphatic carbocycles. The molecule has 0 spiro atoms. The van der Waals surface area contributed by atoms with Crippen LogP contribution in [0.1, 0.15) is 46.0 Å². The molecule has 2 atom stereocenters. The highest BCUT2D eigenvalue weighted by atomic mass is 15.1. The molecule has 0 amide bonds. The van der Waals surface area contributed by atoms with Crippen LogP contribution in [0.4, 0.5) is 0 Å². The molecular weight excluding hydrogens is 184 g/mol. The number of hydrogen-bond acceptors (Lipinski definition) is 2. The summed E-state index contributed by atoms with van der Waals surface area (Å²) in [6.45, 7) is 8.56. The number of rotatable bonds is 6. The lowest BCUT2D eigenvalue weighted by Gasteiger charge is -2.35. The Morgan fingerprint density at radius 3 is 2.87 bits per heavy atom. The fourth-order valence-corrected chi connectivity index (χ4v) is 2.52. The molecule has 0 aromatic heterocycles. The van der Waals surface area contributed by atoms with Crippen LogP contribution >= 0.6 is 0 Å². The molecule has 90 valence electrons. The van der Waals surface area contributed by atoms with E-state index in [0.717, 1.165) is 5.92 Å². The molecule has 0 aromatic carbocycles. The normalized spacial score (nSPS) is 25.4. The van der Waals surface area contributed by atoms with Crippen LogP contribution in [0.5, 0.6) is 0 Å². The van der Waals surface area contributed by atoms with Gasteiger partial charge in [-0.2, -0.15) is 0 Å². The monoisotopic (exact) mass is 212 g/mol. The second kappa shape index (κ2) is 7.24. The van der Waals surface area contributed by atoms with Gasteiger partial charge in [0, 0.05) is 12.6 Å². The average Bonchev–Trinajstić information content (AvgIpc) is 2.29. The summed E-state index contributed by atoms with van der Waals surface area (Å²) in [6, 6.07) is 0.680. The molecule has 2 unspecified atom stereocenters. The Balaban J connectivity index is 2.22. The van der Waals surface area contributed by atoms with E-state index in [-0.39, 0.29) is 0 Å². The summed E-state index contributed by atoms with van der Waals surface area (Å²) in [5.74, 6) is 0.866. The van der Waals surface area contributed by atoms with Gasteiger partial charge < -0.3 is 10.2 Å². The third-order valence-corrected chi connectivity index (χ3v) is 3.78. The number of nitrogens with zero attached hydrogens (tertiary/aromatic N) is 1. The van der Waals surface area contributed by atoms with Crippen molar-refractivity contribution in [3.05, 3.63) is 0 Å². The van der Waals surface area contributed by atoms with Crippen LogP contribution < -0.4 is 5.32 Å². The smallest absolute Gasteiger partial charge is 0.00762 e. The van der Waals surface area contributed by atoms with Crippen LogP contribution in [0.25, 0.3) is 0 Å². The van der Waals surface area contributed by atoms with Gasteiger partial charge in [0.1, 0.15) is 0 Å². The van der Waals surface area contributed by atoms with Crippen molar-refractivity contribution in [1.82, 2.24) is 10.2 Å². The third kappa shape index (κ3) is 4.52. The van der Waals surface area contributed by atoms with E-state index in [0.29, 0.717) is 6.04 Å². The van der Waals surface area contributed by atoms with Gasteiger partial charge in [0.2, 0.25) is 0 Å². The minimum absolute atomic E-state index is 0.680. The first-order valence-corrected chi connectivity index (χ1v) is 6.67. The van der Waals surface area contributed by atoms with E-state index in [4.69, 9.17) is 0 Å². The fourth-order valence-electron chi connectivity index (χ4n) is 2.52. The molecule has 1 rings (SSSR count). The highest BCUT2D eigenvalue weighted by Gasteiger charge is 2.22. The van der Waals surface area contributed by atoms with Crippen molar-refractivity contribution < 1.29 is 0 Å². The van der Waals surface area contributed by atoms with E-state index in [2.05, 4.69) is 31.1 Å². The average molecular weight is 212 g/mol. The van der Waals surface area contributed by atoms with Crippen molar-refractivity contribution in [3.8, 4) is 0 Å². The Kier molecular flexibility index (Phi) is 6.26. The van der Waals surface area contributed by atoms with Gasteiger partial charge in [0.15, 0.2) is 0 Å². The van der Waals surface area contributed by atoms with E-state index in [1.807, 2.05) is 0 Å². The molecule has 0 aromatic rings. The van der Waals surface area contributed by atoms with E-state index in [9.17, 15) is 0 Å². The second-order valence-corrected chi connectivity index (χ2v) is 4.99. The van der Waals surface area contributed by atoms with Crippen molar-refractivity contribution in [2.24, 2.45) is 5.92 Å². The largest absolute Gasteiger partial charge is 0.317 e. The summed E-state index contributed by atoms with van der Waals surface area (Å²) < 4.78 is 0. The second-order valence-electron chi connectivity index (χ2n) is 4.99. The van der Waals surface area contributed by atoms with Crippen molar-refractivity contribution in [2.75, 3.05) is 26.7 Å². The summed E-state index contributed by atoms with van der Waals surface area (Å²) in [5, 5.41) is 3.40. The van der Waals surface area contributed by atoms with Crippen molar-refractivity contribution in [2.45, 2.75) is 52.0 Å². The zero-order valence-electron chi connectivity index (χ0n) is 10.8. The molecule has 2 heteroatoms. The minimum atomic E-state index is 0.680. The molecule has 0 bridgehead atoms. The predicted molar refractivity (Wildman–Crippen MR) is 67.2 cm³/mol. The van der Waals surface area contributed by atoms with Crippen LogP contribution in [-0.4, -0.2) is 37.6 Å². The van der Waals surface area contributed by atoms with Gasteiger partial charge in [-0.15, -0.1) is 0 Å². The highest BCUT2D eigenvalue weighted by Crippen LogP contribution is 2.19. The Bertz CT molecular complexity index is 159. The highest BCUT2D eigenvalue weighted by molar-refractivity contribution is 4.79. The maximum atomic E-state index is 3.40. The van der Waals surface area contributed by atoms with Gasteiger partial charge in [-0.1, -0.05) is 19.8 Å². The van der Waals surface area contributed by atoms with Crippen LogP contribution in [0.2, 0.25) is 0 Å². The van der Waals surface area contributed by atoms with Crippen LogP contribution in [0, 0.1) is 5.92 Å². The number of nitrogens with one attached hydrogen (secondary N) is 1. The zero-order valence-corrected chi connectivity index (χ0v) is 10.8. The molecule has 1 fully saturated rings. The Labute approximate surface area is 95.4 Å². The number of hydrogen-bond donors (Lipinski definition) is 1. The summed E-state index contributed by atoms with van der Waals surface area (Å²) in [5.41, 5.74) is 0. The van der Waals surface area contributed by atoms with Gasteiger partial charge in [-0.25, -0.2) is 0 Å². The summed E-state index contributed by atoms with van der Waals surface area (Å²) in [6.07, 6.45) is 6.92. The molecule has 1 heterocycles. The molecule has 0 saturated carbocycles. The maximum absolute atomic E-state index is 3.40. The van der Waals surface area contributed by atoms with Crippen LogP contribution in [0.15, 0.2) is 0 Å². The topological polar surface area (TPSA) is 15.3 Å². The molecule has 0 radical (unpaired) electrons.